The molecule has 1 unspecified atom stereocenters. The maximum absolute atomic E-state index is 13.3. The Balaban J connectivity index is 1.18. The molecule has 2 aromatic carbocycles. The molecular formula is C29H31N3O4. The van der Waals surface area contributed by atoms with Gasteiger partial charge in [0.15, 0.2) is 11.5 Å². The first-order valence-corrected chi connectivity index (χ1v) is 12.3. The second-order valence-corrected chi connectivity index (χ2v) is 9.06. The van der Waals surface area contributed by atoms with E-state index in [9.17, 15) is 4.79 Å². The lowest BCUT2D eigenvalue weighted by atomic mass is 9.94. The van der Waals surface area contributed by atoms with Gasteiger partial charge < -0.3 is 19.5 Å². The lowest BCUT2D eigenvalue weighted by molar-refractivity contribution is -0.126. The summed E-state index contributed by atoms with van der Waals surface area (Å²) >= 11 is 0. The third kappa shape index (κ3) is 5.69. The number of hydrogen-bond acceptors (Lipinski definition) is 6. The van der Waals surface area contributed by atoms with Crippen molar-refractivity contribution < 1.29 is 19.0 Å². The van der Waals surface area contributed by atoms with Gasteiger partial charge in [-0.3, -0.25) is 14.7 Å². The molecule has 1 amide bonds. The van der Waals surface area contributed by atoms with Crippen LogP contribution in [0.3, 0.4) is 0 Å². The van der Waals surface area contributed by atoms with Gasteiger partial charge in [0.25, 0.3) is 0 Å². The smallest absolute Gasteiger partial charge is 0.231 e. The standard InChI is InChI=1S/C29H31N3O4/c1-34-24-10-7-21(8-11-24)5-4-16-32-17-13-22(14-18-32)29(33)31-28(25-6-2-3-15-30-25)23-9-12-26-27(19-23)36-20-35-26/h2-12,15,19,22,28H,13-14,16-18,20H2,1H3,(H,31,33)/b5-4+. The van der Waals surface area contributed by atoms with Crippen LogP contribution < -0.4 is 19.5 Å². The summed E-state index contributed by atoms with van der Waals surface area (Å²) in [7, 11) is 1.67. The summed E-state index contributed by atoms with van der Waals surface area (Å²) in [5, 5.41) is 3.26. The fraction of sp³-hybridized carbons (Fsp3) is 0.310. The van der Waals surface area contributed by atoms with Gasteiger partial charge in [-0.2, -0.15) is 0 Å². The number of rotatable bonds is 8. The number of likely N-dealkylation sites (tertiary alicyclic amines) is 1. The van der Waals surface area contributed by atoms with Gasteiger partial charge in [-0.15, -0.1) is 0 Å². The average molecular weight is 486 g/mol. The summed E-state index contributed by atoms with van der Waals surface area (Å²) < 4.78 is 16.2. The minimum Gasteiger partial charge on any atom is -0.497 e. The van der Waals surface area contributed by atoms with Crippen molar-refractivity contribution in [1.82, 2.24) is 15.2 Å². The van der Waals surface area contributed by atoms with Gasteiger partial charge >= 0.3 is 0 Å². The molecule has 1 atom stereocenters. The second-order valence-electron chi connectivity index (χ2n) is 9.06. The number of aromatic nitrogens is 1. The zero-order valence-electron chi connectivity index (χ0n) is 20.4. The van der Waals surface area contributed by atoms with Crippen molar-refractivity contribution >= 4 is 12.0 Å². The molecule has 186 valence electrons. The molecule has 1 aromatic heterocycles. The van der Waals surface area contributed by atoms with E-state index in [0.717, 1.165) is 60.8 Å². The fourth-order valence-corrected chi connectivity index (χ4v) is 4.66. The summed E-state index contributed by atoms with van der Waals surface area (Å²) in [5.41, 5.74) is 2.87. The molecule has 0 radical (unpaired) electrons. The first-order chi connectivity index (χ1) is 17.7. The second kappa shape index (κ2) is 11.3. The van der Waals surface area contributed by atoms with Crippen LogP contribution in [0.15, 0.2) is 72.9 Å². The molecule has 7 nitrogen and oxygen atoms in total. The van der Waals surface area contributed by atoms with Crippen LogP contribution >= 0.6 is 0 Å². The Labute approximate surface area is 211 Å². The van der Waals surface area contributed by atoms with Gasteiger partial charge in [0.05, 0.1) is 18.8 Å². The molecule has 1 N–H and O–H groups in total. The predicted molar refractivity (Wildman–Crippen MR) is 138 cm³/mol. The highest BCUT2D eigenvalue weighted by atomic mass is 16.7. The Hall–Kier alpha value is -3.84. The number of amides is 1. The Morgan fingerprint density at radius 1 is 1.11 bits per heavy atom. The number of methoxy groups -OCH3 is 1. The van der Waals surface area contributed by atoms with Gasteiger partial charge in [-0.25, -0.2) is 0 Å². The molecule has 36 heavy (non-hydrogen) atoms. The molecular weight excluding hydrogens is 454 g/mol. The van der Waals surface area contributed by atoms with Crippen molar-refractivity contribution in [1.29, 1.82) is 0 Å². The van der Waals surface area contributed by atoms with Crippen molar-refractivity contribution in [2.24, 2.45) is 5.92 Å². The molecule has 1 saturated heterocycles. The minimum atomic E-state index is -0.348. The first kappa shape index (κ1) is 23.9. The van der Waals surface area contributed by atoms with Gasteiger partial charge in [0.1, 0.15) is 5.75 Å². The maximum Gasteiger partial charge on any atom is 0.231 e. The summed E-state index contributed by atoms with van der Waals surface area (Å²) in [6, 6.07) is 19.2. The van der Waals surface area contributed by atoms with E-state index in [1.54, 1.807) is 13.3 Å². The molecule has 5 rings (SSSR count). The average Bonchev–Trinajstić information content (AvgIpc) is 3.41. The normalized spacial score (nSPS) is 16.7. The van der Waals surface area contributed by atoms with Gasteiger partial charge in [-0.05, 0) is 73.5 Å². The highest BCUT2D eigenvalue weighted by molar-refractivity contribution is 5.79. The molecule has 7 heteroatoms. The topological polar surface area (TPSA) is 72.9 Å². The number of nitrogens with one attached hydrogen (secondary N) is 1. The Morgan fingerprint density at radius 3 is 2.67 bits per heavy atom. The predicted octanol–water partition coefficient (Wildman–Crippen LogP) is 4.45. The van der Waals surface area contributed by atoms with E-state index >= 15 is 0 Å². The van der Waals surface area contributed by atoms with Crippen LogP contribution in [0.1, 0.15) is 35.7 Å². The summed E-state index contributed by atoms with van der Waals surface area (Å²) in [5.74, 6) is 2.32. The minimum absolute atomic E-state index is 0.0213. The quantitative estimate of drug-likeness (QED) is 0.508. The number of carbonyl (C=O) groups excluding carboxylic acids is 1. The van der Waals surface area contributed by atoms with Gasteiger partial charge in [0.2, 0.25) is 12.7 Å². The van der Waals surface area contributed by atoms with Crippen LogP contribution in [-0.2, 0) is 4.79 Å². The summed E-state index contributed by atoms with van der Waals surface area (Å²) in [6.07, 6.45) is 7.72. The SMILES string of the molecule is COc1ccc(/C=C/CN2CCC(C(=O)NC(c3ccc4c(c3)OCO4)c3ccccn3)CC2)cc1. The molecule has 0 bridgehead atoms. The Morgan fingerprint density at radius 2 is 1.92 bits per heavy atom. The zero-order valence-corrected chi connectivity index (χ0v) is 20.4. The molecule has 3 aromatic rings. The van der Waals surface area contributed by atoms with Crippen molar-refractivity contribution in [3.63, 3.8) is 0 Å². The van der Waals surface area contributed by atoms with E-state index in [1.165, 1.54) is 0 Å². The number of benzene rings is 2. The van der Waals surface area contributed by atoms with Crippen molar-refractivity contribution in [3.8, 4) is 17.2 Å². The lowest BCUT2D eigenvalue weighted by Crippen LogP contribution is -2.41. The van der Waals surface area contributed by atoms with E-state index in [2.05, 4.69) is 27.4 Å². The summed E-state index contributed by atoms with van der Waals surface area (Å²) in [6.45, 7) is 2.87. The number of pyridine rings is 1. The van der Waals surface area contributed by atoms with Crippen LogP contribution in [-0.4, -0.2) is 49.3 Å². The third-order valence-electron chi connectivity index (χ3n) is 6.75. The van der Waals surface area contributed by atoms with E-state index < -0.39 is 0 Å². The van der Waals surface area contributed by atoms with Crippen LogP contribution in [0, 0.1) is 5.92 Å². The Kier molecular flexibility index (Phi) is 7.47. The summed E-state index contributed by atoms with van der Waals surface area (Å²) in [4.78, 5) is 20.2. The molecule has 3 heterocycles. The van der Waals surface area contributed by atoms with Gasteiger partial charge in [-0.1, -0.05) is 36.4 Å². The van der Waals surface area contributed by atoms with Gasteiger partial charge in [0, 0.05) is 18.7 Å². The monoisotopic (exact) mass is 485 g/mol. The molecule has 1 fully saturated rings. The molecule has 0 aliphatic carbocycles. The van der Waals surface area contributed by atoms with Crippen LogP contribution in [0.25, 0.3) is 6.08 Å². The maximum atomic E-state index is 13.3. The van der Waals surface area contributed by atoms with Crippen molar-refractivity contribution in [2.75, 3.05) is 33.5 Å². The molecule has 2 aliphatic heterocycles. The number of nitrogens with zero attached hydrogens (tertiary/aromatic N) is 2. The van der Waals surface area contributed by atoms with Crippen molar-refractivity contribution in [3.05, 3.63) is 89.8 Å². The fourth-order valence-electron chi connectivity index (χ4n) is 4.66. The number of carbonyl (C=O) groups is 1. The third-order valence-corrected chi connectivity index (χ3v) is 6.75. The largest absolute Gasteiger partial charge is 0.497 e. The van der Waals surface area contributed by atoms with Crippen LogP contribution in [0.2, 0.25) is 0 Å². The lowest BCUT2D eigenvalue weighted by Gasteiger charge is -2.31. The van der Waals surface area contributed by atoms with E-state index in [4.69, 9.17) is 14.2 Å². The highest BCUT2D eigenvalue weighted by Crippen LogP contribution is 2.35. The molecule has 0 saturated carbocycles. The van der Waals surface area contributed by atoms with Crippen molar-refractivity contribution in [2.45, 2.75) is 18.9 Å². The number of piperidine rings is 1. The number of ether oxygens (including phenoxy) is 3. The molecule has 0 spiro atoms. The van der Waals surface area contributed by atoms with E-state index in [0.29, 0.717) is 5.75 Å². The highest BCUT2D eigenvalue weighted by Gasteiger charge is 2.28. The van der Waals surface area contributed by atoms with E-state index in [1.807, 2.05) is 60.7 Å². The number of hydrogen-bond donors (Lipinski definition) is 1. The zero-order chi connectivity index (χ0) is 24.7. The number of fused-ring (bicyclic) bond motifs is 1. The first-order valence-electron chi connectivity index (χ1n) is 12.3. The van der Waals surface area contributed by atoms with Crippen LogP contribution in [0.5, 0.6) is 17.2 Å². The van der Waals surface area contributed by atoms with E-state index in [-0.39, 0.29) is 24.7 Å². The Bertz CT molecular complexity index is 1190. The molecule has 2 aliphatic rings. The van der Waals surface area contributed by atoms with Crippen LogP contribution in [0.4, 0.5) is 0 Å².